The average Bonchev–Trinajstić information content (AvgIpc) is 2.83. The first-order valence-electron chi connectivity index (χ1n) is 6.78. The molecule has 0 unspecified atom stereocenters. The first-order chi connectivity index (χ1) is 9.25. The smallest absolute Gasteiger partial charge is 0.133 e. The normalized spacial score (nSPS) is 10.6. The third kappa shape index (κ3) is 4.36. The Bertz CT molecular complexity index is 517. The lowest BCUT2D eigenvalue weighted by molar-refractivity contribution is -0.119. The summed E-state index contributed by atoms with van der Waals surface area (Å²) in [4.78, 5) is 11.8. The molecule has 1 heterocycles. The van der Waals surface area contributed by atoms with E-state index in [1.807, 2.05) is 36.0 Å². The fourth-order valence-corrected chi connectivity index (χ4v) is 2.17. The summed E-state index contributed by atoms with van der Waals surface area (Å²) < 4.78 is 1.83. The first kappa shape index (κ1) is 13.5. The third-order valence-electron chi connectivity index (χ3n) is 3.35. The molecule has 19 heavy (non-hydrogen) atoms. The predicted octanol–water partition coefficient (Wildman–Crippen LogP) is 2.94. The molecule has 0 amide bonds. The number of ketones is 1. The Morgan fingerprint density at radius 2 is 1.89 bits per heavy atom. The number of hydrogen-bond acceptors (Lipinski definition) is 2. The van der Waals surface area contributed by atoms with Gasteiger partial charge in [-0.2, -0.15) is 5.10 Å². The van der Waals surface area contributed by atoms with Crippen LogP contribution in [0, 0.1) is 0 Å². The molecule has 0 saturated heterocycles. The highest BCUT2D eigenvalue weighted by Crippen LogP contribution is 2.08. The van der Waals surface area contributed by atoms with E-state index in [0.29, 0.717) is 18.6 Å². The van der Waals surface area contributed by atoms with Crippen molar-refractivity contribution in [3.05, 3.63) is 53.9 Å². The van der Waals surface area contributed by atoms with Crippen LogP contribution in [0.3, 0.4) is 0 Å². The average molecular weight is 256 g/mol. The topological polar surface area (TPSA) is 34.9 Å². The minimum absolute atomic E-state index is 0.345. The van der Waals surface area contributed by atoms with Crippen molar-refractivity contribution in [1.82, 2.24) is 9.78 Å². The third-order valence-corrected chi connectivity index (χ3v) is 3.35. The highest BCUT2D eigenvalue weighted by atomic mass is 16.1. The molecule has 0 aliphatic rings. The molecule has 0 atom stereocenters. The molecular formula is C16H20N2O. The van der Waals surface area contributed by atoms with E-state index in [0.717, 1.165) is 25.0 Å². The second kappa shape index (κ2) is 6.88. The van der Waals surface area contributed by atoms with Gasteiger partial charge in [0, 0.05) is 31.8 Å². The molecule has 0 radical (unpaired) electrons. The van der Waals surface area contributed by atoms with Gasteiger partial charge in [-0.1, -0.05) is 30.3 Å². The van der Waals surface area contributed by atoms with Crippen molar-refractivity contribution in [3.63, 3.8) is 0 Å². The van der Waals surface area contributed by atoms with Crippen molar-refractivity contribution in [2.24, 2.45) is 7.05 Å². The van der Waals surface area contributed by atoms with Crippen LogP contribution in [0.15, 0.2) is 42.6 Å². The lowest BCUT2D eigenvalue weighted by Gasteiger charge is -2.03. The van der Waals surface area contributed by atoms with Gasteiger partial charge in [0.05, 0.1) is 0 Å². The molecule has 0 aliphatic heterocycles. The van der Waals surface area contributed by atoms with Gasteiger partial charge in [-0.05, 0) is 30.9 Å². The number of nitrogens with zero attached hydrogens (tertiary/aromatic N) is 2. The molecule has 100 valence electrons. The molecule has 0 aliphatic carbocycles. The molecule has 0 spiro atoms. The Kier molecular flexibility index (Phi) is 4.90. The van der Waals surface area contributed by atoms with Gasteiger partial charge in [0.1, 0.15) is 5.78 Å². The predicted molar refractivity (Wildman–Crippen MR) is 75.9 cm³/mol. The number of rotatable bonds is 7. The summed E-state index contributed by atoms with van der Waals surface area (Å²) in [5, 5.41) is 4.10. The van der Waals surface area contributed by atoms with Gasteiger partial charge in [-0.3, -0.25) is 9.48 Å². The lowest BCUT2D eigenvalue weighted by atomic mass is 10.0. The second-order valence-corrected chi connectivity index (χ2v) is 4.82. The second-order valence-electron chi connectivity index (χ2n) is 4.82. The molecule has 0 N–H and O–H groups in total. The molecule has 3 nitrogen and oxygen atoms in total. The fraction of sp³-hybridized carbons (Fsp3) is 0.375. The standard InChI is InChI=1S/C16H20N2O/c1-18-15(12-13-17-18)10-11-16(19)9-5-8-14-6-3-2-4-7-14/h2-4,6-7,12-13H,5,8-11H2,1H3. The summed E-state index contributed by atoms with van der Waals surface area (Å²) in [7, 11) is 1.91. The maximum Gasteiger partial charge on any atom is 0.133 e. The molecule has 0 bridgehead atoms. The highest BCUT2D eigenvalue weighted by molar-refractivity contribution is 5.78. The highest BCUT2D eigenvalue weighted by Gasteiger charge is 2.05. The van der Waals surface area contributed by atoms with Gasteiger partial charge in [0.15, 0.2) is 0 Å². The van der Waals surface area contributed by atoms with Crippen molar-refractivity contribution in [1.29, 1.82) is 0 Å². The van der Waals surface area contributed by atoms with Crippen LogP contribution in [0.2, 0.25) is 0 Å². The van der Waals surface area contributed by atoms with Crippen molar-refractivity contribution in [2.75, 3.05) is 0 Å². The number of benzene rings is 1. The number of Topliss-reactive ketones (excluding diaryl/α,β-unsaturated/α-hetero) is 1. The van der Waals surface area contributed by atoms with E-state index in [1.165, 1.54) is 5.56 Å². The molecule has 1 aromatic heterocycles. The van der Waals surface area contributed by atoms with E-state index in [-0.39, 0.29) is 0 Å². The van der Waals surface area contributed by atoms with E-state index < -0.39 is 0 Å². The molecule has 0 fully saturated rings. The number of carbonyl (C=O) groups is 1. The maximum absolute atomic E-state index is 11.8. The van der Waals surface area contributed by atoms with E-state index in [1.54, 1.807) is 6.20 Å². The minimum Gasteiger partial charge on any atom is -0.300 e. The van der Waals surface area contributed by atoms with Crippen LogP contribution in [-0.2, 0) is 24.7 Å². The molecular weight excluding hydrogens is 236 g/mol. The maximum atomic E-state index is 11.8. The number of hydrogen-bond donors (Lipinski definition) is 0. The number of aryl methyl sites for hydroxylation is 3. The minimum atomic E-state index is 0.345. The van der Waals surface area contributed by atoms with Crippen LogP contribution in [-0.4, -0.2) is 15.6 Å². The largest absolute Gasteiger partial charge is 0.300 e. The van der Waals surface area contributed by atoms with Crippen LogP contribution < -0.4 is 0 Å². The first-order valence-corrected chi connectivity index (χ1v) is 6.78. The van der Waals surface area contributed by atoms with Crippen LogP contribution >= 0.6 is 0 Å². The van der Waals surface area contributed by atoms with E-state index in [4.69, 9.17) is 0 Å². The molecule has 0 saturated carbocycles. The summed E-state index contributed by atoms with van der Waals surface area (Å²) in [5.41, 5.74) is 2.43. The van der Waals surface area contributed by atoms with E-state index in [2.05, 4.69) is 17.2 Å². The van der Waals surface area contributed by atoms with E-state index in [9.17, 15) is 4.79 Å². The zero-order valence-corrected chi connectivity index (χ0v) is 11.4. The van der Waals surface area contributed by atoms with Gasteiger partial charge in [0.25, 0.3) is 0 Å². The van der Waals surface area contributed by atoms with Crippen LogP contribution in [0.5, 0.6) is 0 Å². The van der Waals surface area contributed by atoms with Gasteiger partial charge in [0.2, 0.25) is 0 Å². The summed E-state index contributed by atoms with van der Waals surface area (Å²) >= 11 is 0. The Labute approximate surface area is 114 Å². The Balaban J connectivity index is 1.66. The zero-order valence-electron chi connectivity index (χ0n) is 11.4. The van der Waals surface area contributed by atoms with E-state index >= 15 is 0 Å². The molecule has 3 heteroatoms. The lowest BCUT2D eigenvalue weighted by Crippen LogP contribution is -2.04. The van der Waals surface area contributed by atoms with Gasteiger partial charge < -0.3 is 0 Å². The van der Waals surface area contributed by atoms with Crippen molar-refractivity contribution in [2.45, 2.75) is 32.1 Å². The van der Waals surface area contributed by atoms with Gasteiger partial charge >= 0.3 is 0 Å². The van der Waals surface area contributed by atoms with Crippen molar-refractivity contribution >= 4 is 5.78 Å². The monoisotopic (exact) mass is 256 g/mol. The fourth-order valence-electron chi connectivity index (χ4n) is 2.17. The summed E-state index contributed by atoms with van der Waals surface area (Å²) in [6.45, 7) is 0. The molecule has 2 aromatic rings. The number of aromatic nitrogens is 2. The number of carbonyl (C=O) groups excluding carboxylic acids is 1. The summed E-state index contributed by atoms with van der Waals surface area (Å²) in [6.07, 6.45) is 5.78. The quantitative estimate of drug-likeness (QED) is 0.763. The summed E-state index contributed by atoms with van der Waals surface area (Å²) in [5.74, 6) is 0.345. The Hall–Kier alpha value is -1.90. The Morgan fingerprint density at radius 1 is 1.11 bits per heavy atom. The SMILES string of the molecule is Cn1nccc1CCC(=O)CCCc1ccccc1. The van der Waals surface area contributed by atoms with Crippen molar-refractivity contribution < 1.29 is 4.79 Å². The van der Waals surface area contributed by atoms with Gasteiger partial charge in [-0.25, -0.2) is 0 Å². The Morgan fingerprint density at radius 3 is 2.58 bits per heavy atom. The van der Waals surface area contributed by atoms with Crippen LogP contribution in [0.1, 0.15) is 30.5 Å². The van der Waals surface area contributed by atoms with Gasteiger partial charge in [-0.15, -0.1) is 0 Å². The van der Waals surface area contributed by atoms with Crippen LogP contribution in [0.4, 0.5) is 0 Å². The van der Waals surface area contributed by atoms with Crippen molar-refractivity contribution in [3.8, 4) is 0 Å². The molecule has 1 aromatic carbocycles. The summed E-state index contributed by atoms with van der Waals surface area (Å²) in [6, 6.07) is 12.3. The zero-order chi connectivity index (χ0) is 13.5. The molecule has 2 rings (SSSR count). The van der Waals surface area contributed by atoms with Crippen LogP contribution in [0.25, 0.3) is 0 Å².